The van der Waals surface area contributed by atoms with Gasteiger partial charge in [0.25, 0.3) is 5.56 Å². The Morgan fingerprint density at radius 3 is 2.67 bits per heavy atom. The molecule has 0 radical (unpaired) electrons. The van der Waals surface area contributed by atoms with Gasteiger partial charge in [0.1, 0.15) is 6.73 Å². The van der Waals surface area contributed by atoms with Crippen molar-refractivity contribution in [3.63, 3.8) is 0 Å². The zero-order valence-corrected chi connectivity index (χ0v) is 27.4. The number of anilines is 1. The number of hydrogen-bond acceptors (Lipinski definition) is 6. The number of amides is 1. The number of aryl methyl sites for hydroxylation is 1. The highest BCUT2D eigenvalue weighted by Crippen LogP contribution is 2.43. The molecule has 2 bridgehead atoms. The van der Waals surface area contributed by atoms with E-state index in [0.29, 0.717) is 40.6 Å². The highest BCUT2D eigenvalue weighted by atomic mass is 35.5. The zero-order chi connectivity index (χ0) is 30.8. The van der Waals surface area contributed by atoms with E-state index < -0.39 is 14.2 Å². The number of halogens is 1. The Morgan fingerprint density at radius 1 is 1.21 bits per heavy atom. The molecule has 0 unspecified atom stereocenters. The third kappa shape index (κ3) is 5.12. The Morgan fingerprint density at radius 2 is 1.98 bits per heavy atom. The van der Waals surface area contributed by atoms with E-state index in [1.54, 1.807) is 18.7 Å². The first-order chi connectivity index (χ1) is 20.4. The molecule has 3 aromatic heterocycles. The van der Waals surface area contributed by atoms with Crippen molar-refractivity contribution in [2.75, 3.05) is 18.6 Å². The van der Waals surface area contributed by atoms with E-state index in [1.165, 1.54) is 4.90 Å². The maximum absolute atomic E-state index is 14.2. The van der Waals surface area contributed by atoms with Crippen LogP contribution in [0.4, 0.5) is 10.7 Å². The molecule has 1 amide bonds. The second kappa shape index (κ2) is 11.0. The van der Waals surface area contributed by atoms with Crippen LogP contribution < -0.4 is 10.5 Å². The molecule has 3 atom stereocenters. The minimum absolute atomic E-state index is 0.0375. The second-order valence-corrected chi connectivity index (χ2v) is 19.1. The average molecular weight is 626 g/mol. The summed E-state index contributed by atoms with van der Waals surface area (Å²) >= 11 is 7.00. The molecule has 0 saturated carbocycles. The first-order valence-corrected chi connectivity index (χ1v) is 19.1. The molecule has 0 aliphatic carbocycles. The number of carbonyl (C=O) groups is 1. The predicted molar refractivity (Wildman–Crippen MR) is 172 cm³/mol. The number of likely N-dealkylation sites (N-methyl/N-ethyl adjacent to an activating group) is 1. The van der Waals surface area contributed by atoms with E-state index in [-0.39, 0.29) is 30.4 Å². The predicted octanol–water partition coefficient (Wildman–Crippen LogP) is 5.46. The lowest BCUT2D eigenvalue weighted by molar-refractivity contribution is 0.0899. The van der Waals surface area contributed by atoms with Gasteiger partial charge >= 0.3 is 6.09 Å². The number of hydrogen-bond donors (Lipinski definition) is 1. The Bertz CT molecular complexity index is 1770. The summed E-state index contributed by atoms with van der Waals surface area (Å²) in [7, 11) is 2.09. The lowest BCUT2D eigenvalue weighted by Crippen LogP contribution is -2.45. The molecule has 1 aromatic carbocycles. The summed E-state index contributed by atoms with van der Waals surface area (Å²) in [6, 6.07) is 4.82. The van der Waals surface area contributed by atoms with Crippen LogP contribution in [0.25, 0.3) is 33.1 Å². The van der Waals surface area contributed by atoms with Crippen LogP contribution in [0.15, 0.2) is 29.3 Å². The van der Waals surface area contributed by atoms with Crippen LogP contribution in [-0.2, 0) is 25.1 Å². The minimum Gasteiger partial charge on any atom is -0.465 e. The Balaban J connectivity index is 1.48. The van der Waals surface area contributed by atoms with Gasteiger partial charge in [-0.25, -0.2) is 4.79 Å². The van der Waals surface area contributed by atoms with Gasteiger partial charge in [-0.05, 0) is 38.3 Å². The summed E-state index contributed by atoms with van der Waals surface area (Å²) in [5.41, 5.74) is 2.61. The molecule has 2 saturated heterocycles. The number of nitrogens with zero attached hydrogens (tertiary/aromatic N) is 7. The highest BCUT2D eigenvalue weighted by molar-refractivity contribution is 6.76. The van der Waals surface area contributed by atoms with E-state index in [9.17, 15) is 14.7 Å². The van der Waals surface area contributed by atoms with Crippen LogP contribution in [-0.4, -0.2) is 79.9 Å². The fourth-order valence-corrected chi connectivity index (χ4v) is 7.75. The molecule has 4 aromatic rings. The summed E-state index contributed by atoms with van der Waals surface area (Å²) < 4.78 is 11.5. The Kier molecular flexibility index (Phi) is 7.58. The van der Waals surface area contributed by atoms with Gasteiger partial charge in [-0.15, -0.1) is 0 Å². The van der Waals surface area contributed by atoms with E-state index in [4.69, 9.17) is 21.3 Å². The van der Waals surface area contributed by atoms with Gasteiger partial charge in [-0.2, -0.15) is 10.1 Å². The SMILES string of the molecule is CCn1cc2c(Cl)c(-c3cn(COCC[Si](C)(C)C)c4nc(N5[C@H]6CC[C@@H]5[C@H](N(C)C(=O)O)C6)n(C)c(=O)c34)ccc2n1. The molecule has 2 aliphatic heterocycles. The van der Waals surface area contributed by atoms with E-state index in [0.717, 1.165) is 41.9 Å². The van der Waals surface area contributed by atoms with Gasteiger partial charge in [-0.1, -0.05) is 37.3 Å². The van der Waals surface area contributed by atoms with E-state index >= 15 is 0 Å². The molecule has 0 spiro atoms. The summed E-state index contributed by atoms with van der Waals surface area (Å²) in [5, 5.41) is 16.1. The van der Waals surface area contributed by atoms with E-state index in [2.05, 4.69) is 29.6 Å². The van der Waals surface area contributed by atoms with Crippen LogP contribution in [0.1, 0.15) is 26.2 Å². The molecular formula is C30H40ClN7O4Si. The Labute approximate surface area is 256 Å². The lowest BCUT2D eigenvalue weighted by Gasteiger charge is -2.30. The largest absolute Gasteiger partial charge is 0.465 e. The minimum atomic E-state index is -1.29. The average Bonchev–Trinajstić information content (AvgIpc) is 3.73. The van der Waals surface area contributed by atoms with Crippen LogP contribution in [0.3, 0.4) is 0 Å². The molecule has 43 heavy (non-hydrogen) atoms. The fourth-order valence-electron chi connectivity index (χ4n) is 6.69. The quantitative estimate of drug-likeness (QED) is 0.194. The number of aromatic nitrogens is 5. The standard InChI is InChI=1S/C30H40ClN7O4Si/c1-7-37-16-21-22(33-37)10-9-19(26(21)31)20-15-36(17-42-12-13-43(4,5)6)27-25(20)28(39)35(3)29(32-27)38-18-8-11-23(38)24(14-18)34(2)30(40)41/h9-10,15-16,18,23-24H,7-8,11-14,17H2,1-6H3,(H,40,41)/t18-,23+,24+/m0/s1. The first kappa shape index (κ1) is 29.7. The van der Waals surface area contributed by atoms with Crippen LogP contribution >= 0.6 is 11.6 Å². The topological polar surface area (TPSA) is 111 Å². The second-order valence-electron chi connectivity index (χ2n) is 13.1. The van der Waals surface area contributed by atoms with Gasteiger partial charge in [0.15, 0.2) is 5.65 Å². The van der Waals surface area contributed by atoms with Gasteiger partial charge < -0.3 is 24.2 Å². The maximum atomic E-state index is 14.2. The Hall–Kier alpha value is -3.35. The van der Waals surface area contributed by atoms with Gasteiger partial charge in [0, 0.05) is 70.3 Å². The summed E-state index contributed by atoms with van der Waals surface area (Å²) in [6.45, 7) is 10.6. The number of carboxylic acid groups (broad SMARTS) is 1. The van der Waals surface area contributed by atoms with Gasteiger partial charge in [0.2, 0.25) is 5.95 Å². The molecule has 230 valence electrons. The molecule has 11 nitrogen and oxygen atoms in total. The van der Waals surface area contributed by atoms with E-state index in [1.807, 2.05) is 40.7 Å². The smallest absolute Gasteiger partial charge is 0.407 e. The molecular weight excluding hydrogens is 586 g/mol. The van der Waals surface area contributed by atoms with Crippen molar-refractivity contribution in [2.45, 2.75) is 83.3 Å². The number of ether oxygens (including phenoxy) is 1. The molecule has 1 N–H and O–H groups in total. The van der Waals surface area contributed by atoms with Crippen molar-refractivity contribution in [1.29, 1.82) is 0 Å². The molecule has 13 heteroatoms. The zero-order valence-electron chi connectivity index (χ0n) is 25.7. The maximum Gasteiger partial charge on any atom is 0.407 e. The summed E-state index contributed by atoms with van der Waals surface area (Å²) in [4.78, 5) is 34.8. The number of benzene rings is 1. The normalized spacial score (nSPS) is 20.2. The van der Waals surface area contributed by atoms with Crippen LogP contribution in [0, 0.1) is 0 Å². The van der Waals surface area contributed by atoms with Crippen molar-refractivity contribution < 1.29 is 14.6 Å². The fraction of sp³-hybridized carbons (Fsp3) is 0.533. The highest BCUT2D eigenvalue weighted by Gasteiger charge is 2.50. The van der Waals surface area contributed by atoms with Gasteiger partial charge in [-0.3, -0.25) is 14.0 Å². The summed E-state index contributed by atoms with van der Waals surface area (Å²) in [5.74, 6) is 0.560. The number of fused-ring (bicyclic) bond motifs is 4. The van der Waals surface area contributed by atoms with Gasteiger partial charge in [0.05, 0.1) is 28.0 Å². The monoisotopic (exact) mass is 625 g/mol. The third-order valence-electron chi connectivity index (χ3n) is 9.12. The molecule has 5 heterocycles. The molecule has 2 fully saturated rings. The van der Waals surface area contributed by atoms with Crippen molar-refractivity contribution in [2.24, 2.45) is 7.05 Å². The van der Waals surface area contributed by atoms with Crippen molar-refractivity contribution in [1.82, 2.24) is 28.8 Å². The van der Waals surface area contributed by atoms with Crippen molar-refractivity contribution in [3.8, 4) is 11.1 Å². The molecule has 6 rings (SSSR count). The van der Waals surface area contributed by atoms with Crippen molar-refractivity contribution in [3.05, 3.63) is 39.9 Å². The number of rotatable bonds is 9. The lowest BCUT2D eigenvalue weighted by atomic mass is 9.95. The summed E-state index contributed by atoms with van der Waals surface area (Å²) in [6.07, 6.45) is 5.43. The van der Waals surface area contributed by atoms with Crippen LogP contribution in [0.2, 0.25) is 30.7 Å². The van der Waals surface area contributed by atoms with Crippen LogP contribution in [0.5, 0.6) is 0 Å². The molecule has 2 aliphatic rings. The van der Waals surface area contributed by atoms with Crippen molar-refractivity contribution >= 4 is 53.7 Å². The first-order valence-electron chi connectivity index (χ1n) is 15.0. The third-order valence-corrected chi connectivity index (χ3v) is 11.2.